The molecule has 1 fully saturated rings. The third kappa shape index (κ3) is 4.01. The van der Waals surface area contributed by atoms with Gasteiger partial charge in [-0.05, 0) is 26.3 Å². The average molecular weight is 323 g/mol. The topological polar surface area (TPSA) is 94.2 Å². The van der Waals surface area contributed by atoms with E-state index in [0.29, 0.717) is 19.4 Å². The summed E-state index contributed by atoms with van der Waals surface area (Å²) < 4.78 is 20.8. The zero-order valence-electron chi connectivity index (χ0n) is 13.4. The number of ether oxygens (including phenoxy) is 1. The molecule has 22 heavy (non-hydrogen) atoms. The summed E-state index contributed by atoms with van der Waals surface area (Å²) in [5.74, 6) is 0.0321. The van der Waals surface area contributed by atoms with Gasteiger partial charge in [-0.1, -0.05) is 30.3 Å². The molecule has 1 aliphatic carbocycles. The zero-order chi connectivity index (χ0) is 16.4. The number of amidine groups is 1. The Labute approximate surface area is 135 Å². The molecule has 6 heteroatoms. The van der Waals surface area contributed by atoms with Crippen molar-refractivity contribution in [1.82, 2.24) is 4.72 Å². The molecule has 122 valence electrons. The van der Waals surface area contributed by atoms with Gasteiger partial charge in [0.25, 0.3) is 0 Å². The molecule has 2 rings (SSSR count). The van der Waals surface area contributed by atoms with Crippen LogP contribution in [-0.2, 0) is 22.7 Å². The van der Waals surface area contributed by atoms with Crippen molar-refractivity contribution in [2.75, 3.05) is 0 Å². The van der Waals surface area contributed by atoms with Crippen LogP contribution in [0.3, 0.4) is 0 Å². The van der Waals surface area contributed by atoms with Crippen molar-refractivity contribution in [2.45, 2.75) is 56.6 Å². The summed E-state index contributed by atoms with van der Waals surface area (Å²) in [6, 6.07) is 9.97. The second-order valence-electron chi connectivity index (χ2n) is 6.81. The van der Waals surface area contributed by atoms with Gasteiger partial charge in [0, 0.05) is 24.2 Å². The minimum absolute atomic E-state index is 0.0321. The molecular weight excluding hydrogens is 298 g/mol. The van der Waals surface area contributed by atoms with Gasteiger partial charge in [0.15, 0.2) is 0 Å². The second-order valence-corrected chi connectivity index (χ2v) is 8.77. The number of nitrogens with two attached hydrogens (primary N) is 1. The first kappa shape index (κ1) is 17.3. The molecule has 1 unspecified atom stereocenters. The van der Waals surface area contributed by atoms with Crippen molar-refractivity contribution < 1.29 is 9.29 Å². The van der Waals surface area contributed by atoms with E-state index in [1.165, 1.54) is 0 Å². The van der Waals surface area contributed by atoms with Gasteiger partial charge in [0.05, 0.1) is 12.7 Å². The minimum atomic E-state index is -1.26. The van der Waals surface area contributed by atoms with Gasteiger partial charge in [0.2, 0.25) is 0 Å². The van der Waals surface area contributed by atoms with Crippen molar-refractivity contribution in [2.24, 2.45) is 5.73 Å². The molecule has 0 radical (unpaired) electrons. The highest BCUT2D eigenvalue weighted by atomic mass is 32.2. The third-order valence-corrected chi connectivity index (χ3v) is 5.53. The van der Waals surface area contributed by atoms with E-state index >= 15 is 0 Å². The SMILES string of the molecule is CC(C)(C)[S+]([O-])NC1(C(=N)N)CC(OCc2ccccc2)C1. The van der Waals surface area contributed by atoms with Crippen LogP contribution in [0.25, 0.3) is 0 Å². The van der Waals surface area contributed by atoms with E-state index < -0.39 is 21.6 Å². The number of hydrogen-bond acceptors (Lipinski definition) is 4. The van der Waals surface area contributed by atoms with E-state index in [2.05, 4.69) is 4.72 Å². The van der Waals surface area contributed by atoms with E-state index in [-0.39, 0.29) is 11.9 Å². The predicted molar refractivity (Wildman–Crippen MR) is 89.9 cm³/mol. The van der Waals surface area contributed by atoms with Crippen LogP contribution < -0.4 is 10.5 Å². The fourth-order valence-electron chi connectivity index (χ4n) is 2.31. The van der Waals surface area contributed by atoms with Gasteiger partial charge in [-0.2, -0.15) is 0 Å². The summed E-state index contributed by atoms with van der Waals surface area (Å²) in [7, 11) is 0. The van der Waals surface area contributed by atoms with Crippen molar-refractivity contribution in [3.05, 3.63) is 35.9 Å². The number of rotatable bonds is 6. The quantitative estimate of drug-likeness (QED) is 0.424. The molecule has 1 aliphatic rings. The Balaban J connectivity index is 1.88. The lowest BCUT2D eigenvalue weighted by Crippen LogP contribution is -2.68. The number of hydrogen-bond donors (Lipinski definition) is 3. The zero-order valence-corrected chi connectivity index (χ0v) is 14.2. The summed E-state index contributed by atoms with van der Waals surface area (Å²) >= 11 is -1.26. The van der Waals surface area contributed by atoms with E-state index in [0.717, 1.165) is 5.56 Å². The van der Waals surface area contributed by atoms with Crippen LogP contribution in [-0.4, -0.2) is 26.8 Å². The van der Waals surface area contributed by atoms with Crippen LogP contribution in [0.5, 0.6) is 0 Å². The molecule has 0 saturated heterocycles. The summed E-state index contributed by atoms with van der Waals surface area (Å²) in [6.07, 6.45) is 1.20. The molecule has 1 atom stereocenters. The van der Waals surface area contributed by atoms with Crippen LogP contribution in [0.15, 0.2) is 30.3 Å². The van der Waals surface area contributed by atoms with Gasteiger partial charge in [-0.15, -0.1) is 4.72 Å². The van der Waals surface area contributed by atoms with Crippen molar-refractivity contribution in [3.63, 3.8) is 0 Å². The molecular formula is C16H25N3O2S. The molecule has 0 bridgehead atoms. The highest BCUT2D eigenvalue weighted by molar-refractivity contribution is 7.90. The van der Waals surface area contributed by atoms with Gasteiger partial charge >= 0.3 is 0 Å². The van der Waals surface area contributed by atoms with Crippen LogP contribution in [0.4, 0.5) is 0 Å². The third-order valence-electron chi connectivity index (χ3n) is 3.84. The van der Waals surface area contributed by atoms with Gasteiger partial charge < -0.3 is 15.0 Å². The van der Waals surface area contributed by atoms with E-state index in [1.54, 1.807) is 0 Å². The molecule has 1 aromatic rings. The Hall–Kier alpha value is -1.08. The maximum atomic E-state index is 12.3. The maximum Gasteiger partial charge on any atom is 0.136 e. The van der Waals surface area contributed by atoms with E-state index in [9.17, 15) is 4.55 Å². The van der Waals surface area contributed by atoms with Crippen molar-refractivity contribution in [3.8, 4) is 0 Å². The summed E-state index contributed by atoms with van der Waals surface area (Å²) in [6.45, 7) is 6.23. The van der Waals surface area contributed by atoms with E-state index in [1.807, 2.05) is 51.1 Å². The number of benzene rings is 1. The molecule has 0 spiro atoms. The van der Waals surface area contributed by atoms with Crippen molar-refractivity contribution >= 4 is 17.2 Å². The Bertz CT molecular complexity index is 510. The van der Waals surface area contributed by atoms with E-state index in [4.69, 9.17) is 15.9 Å². The molecule has 5 nitrogen and oxygen atoms in total. The normalized spacial score (nSPS) is 26.3. The van der Waals surface area contributed by atoms with Gasteiger partial charge in [0.1, 0.15) is 16.1 Å². The molecule has 1 aromatic carbocycles. The Morgan fingerprint density at radius 3 is 2.50 bits per heavy atom. The predicted octanol–water partition coefficient (Wildman–Crippen LogP) is 2.09. The lowest BCUT2D eigenvalue weighted by Gasteiger charge is -2.47. The fraction of sp³-hybridized carbons (Fsp3) is 0.562. The van der Waals surface area contributed by atoms with Crippen LogP contribution in [0.2, 0.25) is 0 Å². The minimum Gasteiger partial charge on any atom is -0.598 e. The average Bonchev–Trinajstić information content (AvgIpc) is 2.40. The molecule has 0 aromatic heterocycles. The summed E-state index contributed by atoms with van der Waals surface area (Å²) in [4.78, 5) is 0. The maximum absolute atomic E-state index is 12.3. The first-order valence-electron chi connectivity index (χ1n) is 7.43. The van der Waals surface area contributed by atoms with Crippen molar-refractivity contribution in [1.29, 1.82) is 5.41 Å². The second kappa shape index (κ2) is 6.58. The highest BCUT2D eigenvalue weighted by Crippen LogP contribution is 2.37. The molecule has 0 heterocycles. The van der Waals surface area contributed by atoms with Crippen LogP contribution in [0, 0.1) is 5.41 Å². The Morgan fingerprint density at radius 2 is 2.00 bits per heavy atom. The lowest BCUT2D eigenvalue weighted by molar-refractivity contribution is -0.0375. The summed E-state index contributed by atoms with van der Waals surface area (Å²) in [5.41, 5.74) is 6.15. The molecule has 1 saturated carbocycles. The largest absolute Gasteiger partial charge is 0.598 e. The lowest BCUT2D eigenvalue weighted by atomic mass is 9.74. The first-order valence-corrected chi connectivity index (χ1v) is 8.58. The highest BCUT2D eigenvalue weighted by Gasteiger charge is 2.52. The van der Waals surface area contributed by atoms with Gasteiger partial charge in [-0.25, -0.2) is 0 Å². The molecule has 0 aliphatic heterocycles. The van der Waals surface area contributed by atoms with Gasteiger partial charge in [-0.3, -0.25) is 5.41 Å². The van der Waals surface area contributed by atoms with Crippen LogP contribution >= 0.6 is 0 Å². The Kier molecular flexibility index (Phi) is 5.17. The smallest absolute Gasteiger partial charge is 0.136 e. The first-order chi connectivity index (χ1) is 10.2. The number of nitrogens with one attached hydrogen (secondary N) is 2. The Morgan fingerprint density at radius 1 is 1.41 bits per heavy atom. The van der Waals surface area contributed by atoms with Crippen LogP contribution in [0.1, 0.15) is 39.2 Å². The fourth-order valence-corrected chi connectivity index (χ4v) is 3.25. The molecule has 0 amide bonds. The molecule has 4 N–H and O–H groups in total. The summed E-state index contributed by atoms with van der Waals surface area (Å²) in [5, 5.41) is 7.81. The monoisotopic (exact) mass is 323 g/mol. The standard InChI is InChI=1S/C16H25N3O2S/c1-15(2,3)22(20)19-16(14(17)18)9-13(10-16)21-11-12-7-5-4-6-8-12/h4-8,13,19H,9-11H2,1-3H3,(H3,17,18).